The molecule has 0 saturated heterocycles. The summed E-state index contributed by atoms with van der Waals surface area (Å²) in [7, 11) is 0. The minimum absolute atomic E-state index is 0.329. The van der Waals surface area contributed by atoms with Gasteiger partial charge in [-0.2, -0.15) is 0 Å². The van der Waals surface area contributed by atoms with Gasteiger partial charge in [-0.05, 0) is 32.0 Å². The summed E-state index contributed by atoms with van der Waals surface area (Å²) < 4.78 is 0.845. The molecule has 15 heavy (non-hydrogen) atoms. The van der Waals surface area contributed by atoms with E-state index in [2.05, 4.69) is 30.1 Å². The van der Waals surface area contributed by atoms with Crippen molar-refractivity contribution >= 4 is 22.9 Å². The molecule has 0 aliphatic carbocycles. The lowest BCUT2D eigenvalue weighted by molar-refractivity contribution is 0.550. The van der Waals surface area contributed by atoms with E-state index in [1.54, 1.807) is 11.3 Å². The molecule has 1 atom stereocenters. The lowest BCUT2D eigenvalue weighted by Gasteiger charge is -2.13. The molecular formula is C12H16ClNS. The molecule has 1 aromatic rings. The zero-order valence-electron chi connectivity index (χ0n) is 9.14. The van der Waals surface area contributed by atoms with Gasteiger partial charge in [-0.25, -0.2) is 0 Å². The topological polar surface area (TPSA) is 12.0 Å². The minimum atomic E-state index is 0.329. The molecule has 0 aromatic carbocycles. The molecule has 1 unspecified atom stereocenters. The van der Waals surface area contributed by atoms with Crippen LogP contribution in [0.25, 0.3) is 0 Å². The molecular weight excluding hydrogens is 226 g/mol. The Kier molecular flexibility index (Phi) is 5.78. The van der Waals surface area contributed by atoms with Crippen LogP contribution in [0.1, 0.15) is 37.6 Å². The summed E-state index contributed by atoms with van der Waals surface area (Å²) in [6, 6.07) is 4.36. The highest BCUT2D eigenvalue weighted by Crippen LogP contribution is 2.28. The van der Waals surface area contributed by atoms with Crippen molar-refractivity contribution in [2.75, 3.05) is 6.54 Å². The summed E-state index contributed by atoms with van der Waals surface area (Å²) in [6.45, 7) is 5.06. The molecule has 0 aliphatic heterocycles. The second kappa shape index (κ2) is 6.90. The standard InChI is InChI=1S/C12H16ClNS/c1-3-5-6-10(14-9-4-2)11-7-8-12(13)15-11/h7-8,10,14H,4,6,9H2,1-2H3. The van der Waals surface area contributed by atoms with E-state index in [4.69, 9.17) is 11.6 Å². The molecule has 0 aliphatic rings. The molecule has 1 heterocycles. The number of hydrogen-bond acceptors (Lipinski definition) is 2. The van der Waals surface area contributed by atoms with E-state index in [1.165, 1.54) is 4.88 Å². The van der Waals surface area contributed by atoms with Crippen molar-refractivity contribution in [1.29, 1.82) is 0 Å². The van der Waals surface area contributed by atoms with E-state index in [-0.39, 0.29) is 0 Å². The Morgan fingerprint density at radius 2 is 2.33 bits per heavy atom. The first-order valence-corrected chi connectivity index (χ1v) is 6.35. The number of hydrogen-bond donors (Lipinski definition) is 1. The Hall–Kier alpha value is -0.490. The highest BCUT2D eigenvalue weighted by atomic mass is 35.5. The van der Waals surface area contributed by atoms with Gasteiger partial charge in [0.2, 0.25) is 0 Å². The molecule has 0 fully saturated rings. The Balaban J connectivity index is 2.65. The molecule has 0 saturated carbocycles. The fraction of sp³-hybridized carbons (Fsp3) is 0.500. The molecule has 0 amide bonds. The van der Waals surface area contributed by atoms with Crippen molar-refractivity contribution in [3.05, 3.63) is 21.3 Å². The Labute approximate surface area is 101 Å². The monoisotopic (exact) mass is 241 g/mol. The lowest BCUT2D eigenvalue weighted by Crippen LogP contribution is -2.20. The average Bonchev–Trinajstić information content (AvgIpc) is 2.65. The second-order valence-corrected chi connectivity index (χ2v) is 5.03. The summed E-state index contributed by atoms with van der Waals surface area (Å²) in [5.41, 5.74) is 0. The van der Waals surface area contributed by atoms with Crippen LogP contribution < -0.4 is 5.32 Å². The molecule has 0 bridgehead atoms. The fourth-order valence-electron chi connectivity index (χ4n) is 1.31. The number of halogens is 1. The van der Waals surface area contributed by atoms with E-state index in [9.17, 15) is 0 Å². The van der Waals surface area contributed by atoms with Gasteiger partial charge < -0.3 is 5.32 Å². The van der Waals surface area contributed by atoms with Crippen LogP contribution >= 0.6 is 22.9 Å². The van der Waals surface area contributed by atoms with E-state index in [0.717, 1.165) is 23.7 Å². The summed E-state index contributed by atoms with van der Waals surface area (Å²) in [5.74, 6) is 6.05. The number of nitrogens with one attached hydrogen (secondary N) is 1. The molecule has 0 radical (unpaired) electrons. The first-order valence-electron chi connectivity index (χ1n) is 5.16. The zero-order chi connectivity index (χ0) is 11.1. The molecule has 3 heteroatoms. The molecule has 1 aromatic heterocycles. The van der Waals surface area contributed by atoms with E-state index in [0.29, 0.717) is 6.04 Å². The fourth-order valence-corrected chi connectivity index (χ4v) is 2.45. The SMILES string of the molecule is CC#CCC(NCCC)c1ccc(Cl)s1. The maximum atomic E-state index is 5.93. The summed E-state index contributed by atoms with van der Waals surface area (Å²) in [6.07, 6.45) is 1.99. The first-order chi connectivity index (χ1) is 7.27. The van der Waals surface area contributed by atoms with Crippen LogP contribution in [0, 0.1) is 11.8 Å². The Morgan fingerprint density at radius 1 is 1.53 bits per heavy atom. The van der Waals surface area contributed by atoms with E-state index >= 15 is 0 Å². The van der Waals surface area contributed by atoms with Gasteiger partial charge in [-0.3, -0.25) is 0 Å². The maximum Gasteiger partial charge on any atom is 0.0931 e. The summed E-state index contributed by atoms with van der Waals surface area (Å²) in [5, 5.41) is 3.48. The molecule has 1 rings (SSSR count). The number of rotatable bonds is 5. The third-order valence-corrected chi connectivity index (χ3v) is 3.41. The van der Waals surface area contributed by atoms with Gasteiger partial charge >= 0.3 is 0 Å². The lowest BCUT2D eigenvalue weighted by atomic mass is 10.1. The van der Waals surface area contributed by atoms with Crippen molar-refractivity contribution in [3.63, 3.8) is 0 Å². The van der Waals surface area contributed by atoms with Crippen LogP contribution in [0.4, 0.5) is 0 Å². The van der Waals surface area contributed by atoms with Crippen LogP contribution in [-0.4, -0.2) is 6.54 Å². The van der Waals surface area contributed by atoms with Gasteiger partial charge in [0.15, 0.2) is 0 Å². The highest BCUT2D eigenvalue weighted by Gasteiger charge is 2.11. The molecule has 1 nitrogen and oxygen atoms in total. The third-order valence-electron chi connectivity index (χ3n) is 2.06. The highest BCUT2D eigenvalue weighted by molar-refractivity contribution is 7.16. The molecule has 82 valence electrons. The quantitative estimate of drug-likeness (QED) is 0.772. The van der Waals surface area contributed by atoms with Crippen LogP contribution in [0.3, 0.4) is 0 Å². The van der Waals surface area contributed by atoms with Crippen molar-refractivity contribution in [1.82, 2.24) is 5.32 Å². The summed E-state index contributed by atoms with van der Waals surface area (Å²) in [4.78, 5) is 1.27. The largest absolute Gasteiger partial charge is 0.308 e. The second-order valence-electron chi connectivity index (χ2n) is 3.28. The first kappa shape index (κ1) is 12.6. The van der Waals surface area contributed by atoms with E-state index in [1.807, 2.05) is 13.0 Å². The minimum Gasteiger partial charge on any atom is -0.308 e. The van der Waals surface area contributed by atoms with Crippen LogP contribution in [0.15, 0.2) is 12.1 Å². The summed E-state index contributed by atoms with van der Waals surface area (Å²) >= 11 is 7.56. The predicted molar refractivity (Wildman–Crippen MR) is 68.4 cm³/mol. The van der Waals surface area contributed by atoms with Gasteiger partial charge in [0.05, 0.1) is 10.4 Å². The van der Waals surface area contributed by atoms with Gasteiger partial charge in [0.25, 0.3) is 0 Å². The van der Waals surface area contributed by atoms with Crippen molar-refractivity contribution in [3.8, 4) is 11.8 Å². The van der Waals surface area contributed by atoms with E-state index < -0.39 is 0 Å². The predicted octanol–water partition coefficient (Wildman–Crippen LogP) is 3.86. The van der Waals surface area contributed by atoms with Crippen LogP contribution in [-0.2, 0) is 0 Å². The van der Waals surface area contributed by atoms with Crippen molar-refractivity contribution < 1.29 is 0 Å². The van der Waals surface area contributed by atoms with Gasteiger partial charge in [0.1, 0.15) is 0 Å². The Morgan fingerprint density at radius 3 is 2.87 bits per heavy atom. The molecule has 0 spiro atoms. The van der Waals surface area contributed by atoms with Gasteiger partial charge in [-0.15, -0.1) is 23.2 Å². The molecule has 1 N–H and O–H groups in total. The van der Waals surface area contributed by atoms with Crippen molar-refractivity contribution in [2.24, 2.45) is 0 Å². The maximum absolute atomic E-state index is 5.93. The Bertz CT molecular complexity index is 348. The number of thiophene rings is 1. The zero-order valence-corrected chi connectivity index (χ0v) is 10.7. The van der Waals surface area contributed by atoms with Crippen LogP contribution in [0.2, 0.25) is 4.34 Å². The van der Waals surface area contributed by atoms with Gasteiger partial charge in [0, 0.05) is 11.3 Å². The smallest absolute Gasteiger partial charge is 0.0931 e. The van der Waals surface area contributed by atoms with Gasteiger partial charge in [-0.1, -0.05) is 18.5 Å². The van der Waals surface area contributed by atoms with Crippen molar-refractivity contribution in [2.45, 2.75) is 32.7 Å². The normalized spacial score (nSPS) is 11.9. The third kappa shape index (κ3) is 4.25. The average molecular weight is 242 g/mol. The van der Waals surface area contributed by atoms with Crippen LogP contribution in [0.5, 0.6) is 0 Å².